The number of rotatable bonds is 10. The lowest BCUT2D eigenvalue weighted by molar-refractivity contribution is -0.485. The van der Waals surface area contributed by atoms with E-state index in [4.69, 9.17) is 0 Å². The van der Waals surface area contributed by atoms with Crippen molar-refractivity contribution in [2.75, 3.05) is 0 Å². The fraction of sp³-hybridized carbons (Fsp3) is 1.00. The quantitative estimate of drug-likeness (QED) is 0.242. The Kier molecular flexibility index (Phi) is 7.36. The minimum atomic E-state index is -7.12. The van der Waals surface area contributed by atoms with Gasteiger partial charge in [0.2, 0.25) is 5.67 Å². The molecule has 0 atom stereocenters. The van der Waals surface area contributed by atoms with Crippen molar-refractivity contribution in [3.05, 3.63) is 0 Å². The second-order valence-corrected chi connectivity index (χ2v) is 7.25. The highest BCUT2D eigenvalue weighted by Crippen LogP contribution is 2.70. The highest BCUT2D eigenvalue weighted by atomic mass is 19.4. The third kappa shape index (κ3) is 3.48. The Morgan fingerprint density at radius 2 is 0.679 bits per heavy atom. The molecule has 0 radical (unpaired) electrons. The number of halogens is 11. The van der Waals surface area contributed by atoms with E-state index in [1.807, 2.05) is 6.92 Å². The Morgan fingerprint density at radius 3 is 1.04 bits per heavy atom. The second-order valence-electron chi connectivity index (χ2n) is 7.25. The van der Waals surface area contributed by atoms with Gasteiger partial charge >= 0.3 is 29.6 Å². The molecule has 0 aromatic carbocycles. The summed E-state index contributed by atoms with van der Waals surface area (Å²) in [6.45, 7) is 1.99. The van der Waals surface area contributed by atoms with Crippen LogP contribution in [0.3, 0.4) is 0 Å². The largest absolute Gasteiger partial charge is 0.384 e. The van der Waals surface area contributed by atoms with Crippen molar-refractivity contribution in [3.8, 4) is 0 Å². The number of hydrogen-bond acceptors (Lipinski definition) is 0. The van der Waals surface area contributed by atoms with Gasteiger partial charge in [0, 0.05) is 0 Å². The van der Waals surface area contributed by atoms with E-state index in [0.29, 0.717) is 6.42 Å². The molecule has 1 aliphatic carbocycles. The Balaban J connectivity index is 2.85. The van der Waals surface area contributed by atoms with E-state index in [-0.39, 0.29) is 12.8 Å². The normalized spacial score (nSPS) is 26.1. The maximum atomic E-state index is 14.4. The van der Waals surface area contributed by atoms with Crippen molar-refractivity contribution < 1.29 is 48.3 Å². The van der Waals surface area contributed by atoms with E-state index in [1.54, 1.807) is 0 Å². The zero-order chi connectivity index (χ0) is 22.1. The molecule has 0 saturated heterocycles. The van der Waals surface area contributed by atoms with Crippen LogP contribution in [0, 0.1) is 0 Å². The fourth-order valence-electron chi connectivity index (χ4n) is 3.28. The molecule has 1 fully saturated rings. The summed E-state index contributed by atoms with van der Waals surface area (Å²) in [6, 6.07) is 0. The average molecular weight is 436 g/mol. The smallest absolute Gasteiger partial charge is 0.230 e. The molecule has 1 saturated carbocycles. The number of hydrogen-bond donors (Lipinski definition) is 0. The van der Waals surface area contributed by atoms with Crippen LogP contribution in [0.1, 0.15) is 71.1 Å². The first kappa shape index (κ1) is 25.3. The summed E-state index contributed by atoms with van der Waals surface area (Å²) in [4.78, 5) is 0. The Labute approximate surface area is 155 Å². The maximum Gasteiger partial charge on any atom is 0.384 e. The van der Waals surface area contributed by atoms with Gasteiger partial charge in [0.1, 0.15) is 0 Å². The van der Waals surface area contributed by atoms with Crippen LogP contribution in [-0.4, -0.2) is 35.3 Å². The number of alkyl halides is 11. The lowest BCUT2D eigenvalue weighted by atomic mass is 9.70. The van der Waals surface area contributed by atoms with Gasteiger partial charge in [0.25, 0.3) is 0 Å². The SMILES string of the molecule is CCCCCCCCCCCC1(F)C(F)(F)C(F)(F)C(F)(F)C(F)(F)C1(F)F. The average Bonchev–Trinajstić information content (AvgIpc) is 2.58. The Morgan fingerprint density at radius 1 is 0.393 bits per heavy atom. The van der Waals surface area contributed by atoms with Crippen molar-refractivity contribution in [3.63, 3.8) is 0 Å². The van der Waals surface area contributed by atoms with Crippen molar-refractivity contribution in [1.82, 2.24) is 0 Å². The molecule has 0 bridgehead atoms. The topological polar surface area (TPSA) is 0 Å². The summed E-state index contributed by atoms with van der Waals surface area (Å²) in [5.74, 6) is -34.5. The van der Waals surface area contributed by atoms with E-state index < -0.39 is 48.1 Å². The first-order valence-corrected chi connectivity index (χ1v) is 9.14. The summed E-state index contributed by atoms with van der Waals surface area (Å²) in [5.41, 5.74) is -5.81. The van der Waals surface area contributed by atoms with Crippen molar-refractivity contribution in [2.45, 2.75) is 106 Å². The van der Waals surface area contributed by atoms with E-state index in [1.165, 1.54) is 0 Å². The fourth-order valence-corrected chi connectivity index (χ4v) is 3.28. The van der Waals surface area contributed by atoms with Gasteiger partial charge in [-0.3, -0.25) is 0 Å². The molecule has 0 heterocycles. The van der Waals surface area contributed by atoms with Gasteiger partial charge in [-0.15, -0.1) is 0 Å². The molecule has 0 amide bonds. The third-order valence-electron chi connectivity index (χ3n) is 5.20. The molecule has 11 heteroatoms. The zero-order valence-corrected chi connectivity index (χ0v) is 15.2. The summed E-state index contributed by atoms with van der Waals surface area (Å²) in [6.07, 6.45) is 2.18. The van der Waals surface area contributed by atoms with Crippen molar-refractivity contribution in [1.29, 1.82) is 0 Å². The zero-order valence-electron chi connectivity index (χ0n) is 15.2. The molecule has 168 valence electrons. The molecule has 0 N–H and O–H groups in total. The van der Waals surface area contributed by atoms with Crippen LogP contribution in [0.4, 0.5) is 48.3 Å². The van der Waals surface area contributed by atoms with Crippen molar-refractivity contribution in [2.24, 2.45) is 0 Å². The van der Waals surface area contributed by atoms with E-state index in [2.05, 4.69) is 0 Å². The maximum absolute atomic E-state index is 14.4. The minimum Gasteiger partial charge on any atom is -0.230 e. The predicted octanol–water partition coefficient (Wildman–Crippen LogP) is 7.81. The van der Waals surface area contributed by atoms with Gasteiger partial charge in [-0.05, 0) is 12.8 Å². The van der Waals surface area contributed by atoms with E-state index in [0.717, 1.165) is 32.1 Å². The van der Waals surface area contributed by atoms with Gasteiger partial charge in [0.05, 0.1) is 0 Å². The number of unbranched alkanes of at least 4 members (excludes halogenated alkanes) is 8. The van der Waals surface area contributed by atoms with Crippen LogP contribution >= 0.6 is 0 Å². The van der Waals surface area contributed by atoms with Crippen LogP contribution in [0.5, 0.6) is 0 Å². The van der Waals surface area contributed by atoms with Crippen LogP contribution in [0.2, 0.25) is 0 Å². The molecular formula is C17H23F11. The predicted molar refractivity (Wildman–Crippen MR) is 80.4 cm³/mol. The standard InChI is InChI=1S/C17H23F11/c1-2-3-4-5-6-7-8-9-10-11-12(18)13(19,20)15(23,24)17(27,28)16(25,26)14(12,21)22/h2-11H2,1H3. The van der Waals surface area contributed by atoms with Crippen molar-refractivity contribution >= 4 is 0 Å². The molecule has 0 nitrogen and oxygen atoms in total. The summed E-state index contributed by atoms with van der Waals surface area (Å²) in [5, 5.41) is 0. The monoisotopic (exact) mass is 436 g/mol. The third-order valence-corrected chi connectivity index (χ3v) is 5.20. The summed E-state index contributed by atoms with van der Waals surface area (Å²) in [7, 11) is 0. The van der Waals surface area contributed by atoms with Gasteiger partial charge in [-0.25, -0.2) is 4.39 Å². The van der Waals surface area contributed by atoms with Gasteiger partial charge in [-0.1, -0.05) is 58.3 Å². The van der Waals surface area contributed by atoms with E-state index in [9.17, 15) is 48.3 Å². The Hall–Kier alpha value is -0.770. The van der Waals surface area contributed by atoms with E-state index >= 15 is 0 Å². The molecule has 28 heavy (non-hydrogen) atoms. The first-order chi connectivity index (χ1) is 12.6. The van der Waals surface area contributed by atoms with Crippen LogP contribution < -0.4 is 0 Å². The van der Waals surface area contributed by atoms with Gasteiger partial charge in [0.15, 0.2) is 0 Å². The molecule has 0 spiro atoms. The Bertz CT molecular complexity index is 483. The molecule has 0 aliphatic heterocycles. The molecule has 1 aliphatic rings. The highest BCUT2D eigenvalue weighted by Gasteiger charge is 3.00. The highest BCUT2D eigenvalue weighted by molar-refractivity contribution is 5.26. The van der Waals surface area contributed by atoms with Crippen LogP contribution in [0.25, 0.3) is 0 Å². The summed E-state index contributed by atoms with van der Waals surface area (Å²) >= 11 is 0. The second kappa shape index (κ2) is 8.16. The summed E-state index contributed by atoms with van der Waals surface area (Å²) < 4.78 is 149. The first-order valence-electron chi connectivity index (χ1n) is 9.14. The lowest BCUT2D eigenvalue weighted by Crippen LogP contribution is -2.83. The van der Waals surface area contributed by atoms with Crippen LogP contribution in [-0.2, 0) is 0 Å². The minimum absolute atomic E-state index is 0.168. The van der Waals surface area contributed by atoms with Gasteiger partial charge < -0.3 is 0 Å². The molecule has 0 aromatic rings. The molecular weight excluding hydrogens is 413 g/mol. The molecule has 0 unspecified atom stereocenters. The molecule has 0 aromatic heterocycles. The molecule has 1 rings (SSSR count). The van der Waals surface area contributed by atoms with Gasteiger partial charge in [-0.2, -0.15) is 43.9 Å². The van der Waals surface area contributed by atoms with Crippen LogP contribution in [0.15, 0.2) is 0 Å². The lowest BCUT2D eigenvalue weighted by Gasteiger charge is -2.52.